The summed E-state index contributed by atoms with van der Waals surface area (Å²) in [5, 5.41) is 0. The number of alkyl halides is 3. The average molecular weight is 304 g/mol. The smallest absolute Gasteiger partial charge is 0.368 e. The molecule has 0 saturated carbocycles. The predicted octanol–water partition coefficient (Wildman–Crippen LogP) is 0.379. The van der Waals surface area contributed by atoms with Gasteiger partial charge in [0.15, 0.2) is 0 Å². The van der Waals surface area contributed by atoms with E-state index in [9.17, 15) is 18.0 Å². The minimum Gasteiger partial charge on any atom is -0.368 e. The van der Waals surface area contributed by atoms with E-state index in [0.29, 0.717) is 25.5 Å². The van der Waals surface area contributed by atoms with Crippen molar-refractivity contribution in [3.63, 3.8) is 0 Å². The van der Waals surface area contributed by atoms with Gasteiger partial charge in [-0.05, 0) is 25.9 Å². The first-order chi connectivity index (χ1) is 9.75. The molecule has 0 unspecified atom stereocenters. The maximum absolute atomic E-state index is 12.3. The highest BCUT2D eigenvalue weighted by Gasteiger charge is 2.43. The van der Waals surface area contributed by atoms with Crippen molar-refractivity contribution in [3.05, 3.63) is 5.82 Å². The lowest BCUT2D eigenvalue weighted by Crippen LogP contribution is -2.40. The maximum atomic E-state index is 12.3. The summed E-state index contributed by atoms with van der Waals surface area (Å²) >= 11 is 0. The van der Waals surface area contributed by atoms with E-state index in [1.165, 1.54) is 0 Å². The van der Waals surface area contributed by atoms with Crippen molar-refractivity contribution in [2.24, 2.45) is 5.92 Å². The zero-order chi connectivity index (χ0) is 15.6. The van der Waals surface area contributed by atoms with E-state index in [1.807, 2.05) is 4.90 Å². The summed E-state index contributed by atoms with van der Waals surface area (Å²) in [7, 11) is 0. The second kappa shape index (κ2) is 5.80. The third kappa shape index (κ3) is 4.00. The van der Waals surface area contributed by atoms with Crippen LogP contribution in [0.3, 0.4) is 0 Å². The van der Waals surface area contributed by atoms with E-state index < -0.39 is 17.9 Å². The molecule has 1 aromatic rings. The molecule has 0 atom stereocenters. The van der Waals surface area contributed by atoms with Crippen molar-refractivity contribution in [2.75, 3.05) is 24.6 Å². The summed E-state index contributed by atoms with van der Waals surface area (Å²) < 4.78 is 37.0. The number of hydrogen-bond acceptors (Lipinski definition) is 7. The van der Waals surface area contributed by atoms with Crippen molar-refractivity contribution in [2.45, 2.75) is 25.6 Å². The van der Waals surface area contributed by atoms with E-state index >= 15 is 0 Å². The standard InChI is InChI=1S/C11H15F3N6O/c12-11(13,14)8(21)6-1-3-20(4-2-6)5-7-17-9(15)19-10(16)18-7/h6H,1-5H2,(H4,15,16,17,18,19). The van der Waals surface area contributed by atoms with Gasteiger partial charge in [-0.15, -0.1) is 0 Å². The number of nitrogen functional groups attached to an aromatic ring is 2. The number of anilines is 2. The Hall–Kier alpha value is -1.97. The monoisotopic (exact) mass is 304 g/mol. The lowest BCUT2D eigenvalue weighted by atomic mass is 9.92. The molecule has 1 aliphatic rings. The van der Waals surface area contributed by atoms with Crippen molar-refractivity contribution < 1.29 is 18.0 Å². The Morgan fingerprint density at radius 1 is 1.14 bits per heavy atom. The van der Waals surface area contributed by atoms with Crippen LogP contribution in [-0.4, -0.2) is 44.9 Å². The molecule has 7 nitrogen and oxygen atoms in total. The second-order valence-corrected chi connectivity index (χ2v) is 4.88. The number of rotatable bonds is 3. The molecule has 0 radical (unpaired) electrons. The number of piperidine rings is 1. The Morgan fingerprint density at radius 3 is 2.14 bits per heavy atom. The molecule has 1 aliphatic heterocycles. The van der Waals surface area contributed by atoms with Gasteiger partial charge in [0.25, 0.3) is 0 Å². The van der Waals surface area contributed by atoms with Gasteiger partial charge in [0.1, 0.15) is 5.82 Å². The summed E-state index contributed by atoms with van der Waals surface area (Å²) in [5.41, 5.74) is 10.9. The Balaban J connectivity index is 1.91. The molecule has 0 spiro atoms. The minimum atomic E-state index is -4.76. The molecule has 10 heteroatoms. The molecule has 116 valence electrons. The fraction of sp³-hybridized carbons (Fsp3) is 0.636. The zero-order valence-electron chi connectivity index (χ0n) is 11.1. The van der Waals surface area contributed by atoms with Gasteiger partial charge in [-0.3, -0.25) is 9.69 Å². The van der Waals surface area contributed by atoms with Gasteiger partial charge in [0.05, 0.1) is 6.54 Å². The van der Waals surface area contributed by atoms with E-state index in [1.54, 1.807) is 0 Å². The van der Waals surface area contributed by atoms with Crippen LogP contribution in [0.4, 0.5) is 25.1 Å². The largest absolute Gasteiger partial charge is 0.450 e. The Labute approximate surface area is 118 Å². The first-order valence-corrected chi connectivity index (χ1v) is 6.35. The van der Waals surface area contributed by atoms with Crippen LogP contribution >= 0.6 is 0 Å². The predicted molar refractivity (Wildman–Crippen MR) is 67.7 cm³/mol. The minimum absolute atomic E-state index is 0.000338. The summed E-state index contributed by atoms with van der Waals surface area (Å²) in [6.07, 6.45) is -4.44. The highest BCUT2D eigenvalue weighted by atomic mass is 19.4. The summed E-state index contributed by atoms with van der Waals surface area (Å²) in [6, 6.07) is 0. The summed E-state index contributed by atoms with van der Waals surface area (Å²) in [6.45, 7) is 1.03. The molecule has 2 rings (SSSR count). The van der Waals surface area contributed by atoms with E-state index in [-0.39, 0.29) is 24.7 Å². The van der Waals surface area contributed by atoms with Gasteiger partial charge in [0.2, 0.25) is 17.7 Å². The van der Waals surface area contributed by atoms with Crippen LogP contribution in [0.2, 0.25) is 0 Å². The Kier molecular flexibility index (Phi) is 4.26. The molecule has 1 saturated heterocycles. The number of nitrogens with two attached hydrogens (primary N) is 2. The fourth-order valence-electron chi connectivity index (χ4n) is 2.31. The Morgan fingerprint density at radius 2 is 1.67 bits per heavy atom. The van der Waals surface area contributed by atoms with Crippen LogP contribution in [0.1, 0.15) is 18.7 Å². The molecule has 1 aromatic heterocycles. The van der Waals surface area contributed by atoms with Crippen LogP contribution in [0.5, 0.6) is 0 Å². The van der Waals surface area contributed by atoms with Gasteiger partial charge >= 0.3 is 6.18 Å². The molecular formula is C11H15F3N6O. The molecule has 21 heavy (non-hydrogen) atoms. The highest BCUT2D eigenvalue weighted by molar-refractivity contribution is 5.86. The number of carbonyl (C=O) groups is 1. The molecule has 1 fully saturated rings. The zero-order valence-corrected chi connectivity index (χ0v) is 11.1. The fourth-order valence-corrected chi connectivity index (χ4v) is 2.31. The van der Waals surface area contributed by atoms with Crippen LogP contribution in [0.25, 0.3) is 0 Å². The molecule has 0 aromatic carbocycles. The van der Waals surface area contributed by atoms with Gasteiger partial charge in [0, 0.05) is 5.92 Å². The van der Waals surface area contributed by atoms with E-state index in [2.05, 4.69) is 15.0 Å². The van der Waals surface area contributed by atoms with Crippen LogP contribution in [-0.2, 0) is 11.3 Å². The maximum Gasteiger partial charge on any atom is 0.450 e. The molecule has 0 bridgehead atoms. The number of likely N-dealkylation sites (tertiary alicyclic amines) is 1. The number of halogens is 3. The number of aromatic nitrogens is 3. The molecular weight excluding hydrogens is 289 g/mol. The van der Waals surface area contributed by atoms with Gasteiger partial charge < -0.3 is 11.5 Å². The quantitative estimate of drug-likeness (QED) is 0.830. The van der Waals surface area contributed by atoms with Crippen molar-refractivity contribution in [1.82, 2.24) is 19.9 Å². The SMILES string of the molecule is Nc1nc(N)nc(CN2CCC(C(=O)C(F)(F)F)CC2)n1. The lowest BCUT2D eigenvalue weighted by Gasteiger charge is -2.30. The molecule has 0 amide bonds. The molecule has 4 N–H and O–H groups in total. The average Bonchev–Trinajstić information content (AvgIpc) is 2.36. The number of nitrogens with zero attached hydrogens (tertiary/aromatic N) is 4. The number of ketones is 1. The lowest BCUT2D eigenvalue weighted by molar-refractivity contribution is -0.177. The molecule has 0 aliphatic carbocycles. The highest BCUT2D eigenvalue weighted by Crippen LogP contribution is 2.28. The van der Waals surface area contributed by atoms with Gasteiger partial charge in [-0.25, -0.2) is 0 Å². The number of carbonyl (C=O) groups excluding carboxylic acids is 1. The van der Waals surface area contributed by atoms with Crippen molar-refractivity contribution >= 4 is 17.7 Å². The van der Waals surface area contributed by atoms with E-state index in [4.69, 9.17) is 11.5 Å². The van der Waals surface area contributed by atoms with Crippen LogP contribution in [0, 0.1) is 5.92 Å². The third-order valence-corrected chi connectivity index (χ3v) is 3.32. The van der Waals surface area contributed by atoms with Crippen molar-refractivity contribution in [1.29, 1.82) is 0 Å². The van der Waals surface area contributed by atoms with Crippen LogP contribution < -0.4 is 11.5 Å². The first kappa shape index (κ1) is 15.4. The third-order valence-electron chi connectivity index (χ3n) is 3.32. The first-order valence-electron chi connectivity index (χ1n) is 6.35. The normalized spacial score (nSPS) is 17.9. The molecule has 2 heterocycles. The summed E-state index contributed by atoms with van der Waals surface area (Å²) in [4.78, 5) is 24.5. The second-order valence-electron chi connectivity index (χ2n) is 4.88. The van der Waals surface area contributed by atoms with Crippen LogP contribution in [0.15, 0.2) is 0 Å². The topological polar surface area (TPSA) is 111 Å². The Bertz CT molecular complexity index is 507. The van der Waals surface area contributed by atoms with Crippen molar-refractivity contribution in [3.8, 4) is 0 Å². The van der Waals surface area contributed by atoms with Gasteiger partial charge in [-0.2, -0.15) is 28.1 Å². The van der Waals surface area contributed by atoms with E-state index in [0.717, 1.165) is 0 Å². The number of Topliss-reactive ketones (excluding diaryl/α,β-unsaturated/α-hetero) is 1. The summed E-state index contributed by atoms with van der Waals surface area (Å²) in [5.74, 6) is -2.24. The van der Waals surface area contributed by atoms with Gasteiger partial charge in [-0.1, -0.05) is 0 Å². The number of hydrogen-bond donors (Lipinski definition) is 2.